The van der Waals surface area contributed by atoms with Crippen molar-refractivity contribution in [3.8, 4) is 12.0 Å². The number of allylic oxidation sites excluding steroid dienone is 1. The highest BCUT2D eigenvalue weighted by Crippen LogP contribution is 2.26. The molecule has 0 amide bonds. The summed E-state index contributed by atoms with van der Waals surface area (Å²) in [5.41, 5.74) is 9.57. The minimum absolute atomic E-state index is 0.257. The molecule has 0 saturated heterocycles. The Labute approximate surface area is 145 Å². The zero-order chi connectivity index (χ0) is 17.2. The second kappa shape index (κ2) is 6.43. The van der Waals surface area contributed by atoms with Gasteiger partial charge in [0.05, 0.1) is 20.3 Å². The molecule has 0 atom stereocenters. The summed E-state index contributed by atoms with van der Waals surface area (Å²) < 4.78 is 13.0. The smallest absolute Gasteiger partial charge is 0.320 e. The molecular formula is C18H19N5O2. The van der Waals surface area contributed by atoms with E-state index in [1.165, 1.54) is 5.56 Å². The van der Waals surface area contributed by atoms with Crippen molar-refractivity contribution in [2.24, 2.45) is 0 Å². The highest BCUT2D eigenvalue weighted by Gasteiger charge is 2.18. The maximum absolute atomic E-state index is 6.05. The number of nitrogens with two attached hydrogens (primary N) is 1. The number of ether oxygens (including phenoxy) is 2. The lowest BCUT2D eigenvalue weighted by Gasteiger charge is -2.10. The summed E-state index contributed by atoms with van der Waals surface area (Å²) in [6.45, 7) is 1.07. The van der Waals surface area contributed by atoms with E-state index in [4.69, 9.17) is 15.2 Å². The van der Waals surface area contributed by atoms with Crippen LogP contribution in [0.25, 0.3) is 11.2 Å². The molecule has 4 bridgehead atoms. The first-order chi connectivity index (χ1) is 12.2. The third-order valence-corrected chi connectivity index (χ3v) is 4.12. The molecule has 25 heavy (non-hydrogen) atoms. The van der Waals surface area contributed by atoms with E-state index in [1.54, 1.807) is 7.11 Å². The lowest BCUT2D eigenvalue weighted by Crippen LogP contribution is -2.07. The van der Waals surface area contributed by atoms with Crippen LogP contribution in [0.15, 0.2) is 36.4 Å². The van der Waals surface area contributed by atoms with Crippen LogP contribution in [-0.2, 0) is 13.0 Å². The Morgan fingerprint density at radius 1 is 1.16 bits per heavy atom. The number of anilines is 1. The second-order valence-corrected chi connectivity index (χ2v) is 5.88. The Hall–Kier alpha value is -3.09. The molecule has 1 aromatic carbocycles. The molecule has 0 unspecified atom stereocenters. The average Bonchev–Trinajstić information content (AvgIpc) is 2.96. The first kappa shape index (κ1) is 15.4. The largest absolute Gasteiger partial charge is 0.468 e. The molecule has 1 aliphatic heterocycles. The molecule has 1 aliphatic rings. The molecular weight excluding hydrogens is 318 g/mol. The fourth-order valence-corrected chi connectivity index (χ4v) is 2.94. The van der Waals surface area contributed by atoms with Crippen molar-refractivity contribution < 1.29 is 9.47 Å². The molecule has 2 aromatic heterocycles. The van der Waals surface area contributed by atoms with Gasteiger partial charge in [-0.2, -0.15) is 15.0 Å². The lowest BCUT2D eigenvalue weighted by atomic mass is 10.1. The summed E-state index contributed by atoms with van der Waals surface area (Å²) in [6, 6.07) is 9.15. The maximum Gasteiger partial charge on any atom is 0.320 e. The van der Waals surface area contributed by atoms with Gasteiger partial charge in [-0.25, -0.2) is 0 Å². The average molecular weight is 337 g/mol. The number of nitrogens with zero attached hydrogens (tertiary/aromatic N) is 4. The molecule has 7 heteroatoms. The monoisotopic (exact) mass is 337 g/mol. The summed E-state index contributed by atoms with van der Waals surface area (Å²) >= 11 is 0. The van der Waals surface area contributed by atoms with Crippen LogP contribution in [0.3, 0.4) is 0 Å². The first-order valence-electron chi connectivity index (χ1n) is 8.18. The summed E-state index contributed by atoms with van der Waals surface area (Å²) in [4.78, 5) is 13.1. The van der Waals surface area contributed by atoms with Gasteiger partial charge in [0.1, 0.15) is 0 Å². The highest BCUT2D eigenvalue weighted by molar-refractivity contribution is 5.83. The molecule has 0 saturated carbocycles. The van der Waals surface area contributed by atoms with Crippen LogP contribution in [0.5, 0.6) is 12.0 Å². The molecule has 4 rings (SSSR count). The quantitative estimate of drug-likeness (QED) is 0.686. The van der Waals surface area contributed by atoms with E-state index in [0.717, 1.165) is 18.4 Å². The van der Waals surface area contributed by atoms with Gasteiger partial charge in [0.25, 0.3) is 6.01 Å². The Balaban J connectivity index is 1.89. The molecule has 0 radical (unpaired) electrons. The maximum atomic E-state index is 6.05. The predicted octanol–water partition coefficient (Wildman–Crippen LogP) is 2.35. The van der Waals surface area contributed by atoms with Gasteiger partial charge >= 0.3 is 6.01 Å². The standard InChI is InChI=1S/C18H19N5O2/c1-24-18-20-14-15(19)21-17-22-16(14)23(18)11-13-8-5-7-12(10-13)6-3-2-4-9-25-17/h2-3,5,7-8,10H,4,6,9,11H2,1H3,(H2,19,21,22). The zero-order valence-electron chi connectivity index (χ0n) is 14.0. The van der Waals surface area contributed by atoms with Gasteiger partial charge in [0.15, 0.2) is 17.0 Å². The Morgan fingerprint density at radius 2 is 2.04 bits per heavy atom. The molecule has 3 aromatic rings. The minimum atomic E-state index is 0.257. The number of rotatable bonds is 1. The predicted molar refractivity (Wildman–Crippen MR) is 94.8 cm³/mol. The molecule has 0 aliphatic carbocycles. The number of hydrogen-bond donors (Lipinski definition) is 1. The Kier molecular flexibility index (Phi) is 3.97. The van der Waals surface area contributed by atoms with Crippen molar-refractivity contribution in [2.45, 2.75) is 19.4 Å². The van der Waals surface area contributed by atoms with Crippen molar-refractivity contribution in [1.29, 1.82) is 0 Å². The van der Waals surface area contributed by atoms with Crippen LogP contribution in [0, 0.1) is 0 Å². The van der Waals surface area contributed by atoms with Gasteiger partial charge in [-0.3, -0.25) is 4.57 Å². The van der Waals surface area contributed by atoms with E-state index in [-0.39, 0.29) is 11.8 Å². The van der Waals surface area contributed by atoms with Crippen LogP contribution < -0.4 is 15.2 Å². The fourth-order valence-electron chi connectivity index (χ4n) is 2.94. The minimum Gasteiger partial charge on any atom is -0.468 e. The molecule has 7 nitrogen and oxygen atoms in total. The van der Waals surface area contributed by atoms with Crippen LogP contribution in [0.4, 0.5) is 5.82 Å². The number of fused-ring (bicyclic) bond motifs is 3. The van der Waals surface area contributed by atoms with Gasteiger partial charge in [0.2, 0.25) is 0 Å². The number of benzene rings is 1. The van der Waals surface area contributed by atoms with Gasteiger partial charge < -0.3 is 15.2 Å². The van der Waals surface area contributed by atoms with Gasteiger partial charge in [-0.1, -0.05) is 36.4 Å². The molecule has 3 heterocycles. The SMILES string of the molecule is COc1nc2c(N)nc3nc2n1Cc1cccc(c1)CC=CCCO3. The fraction of sp³-hybridized carbons (Fsp3) is 0.278. The van der Waals surface area contributed by atoms with Crippen molar-refractivity contribution in [1.82, 2.24) is 19.5 Å². The summed E-state index contributed by atoms with van der Waals surface area (Å²) in [5, 5.41) is 0. The molecule has 0 spiro atoms. The Morgan fingerprint density at radius 3 is 2.92 bits per heavy atom. The topological polar surface area (TPSA) is 88.1 Å². The van der Waals surface area contributed by atoms with E-state index < -0.39 is 0 Å². The number of methoxy groups -OCH3 is 1. The third-order valence-electron chi connectivity index (χ3n) is 4.12. The summed E-state index contributed by atoms with van der Waals surface area (Å²) in [5.74, 6) is 0.286. The molecule has 0 fully saturated rings. The van der Waals surface area contributed by atoms with Gasteiger partial charge in [-0.05, 0) is 24.0 Å². The molecule has 2 N–H and O–H groups in total. The van der Waals surface area contributed by atoms with Crippen LogP contribution in [-0.4, -0.2) is 33.2 Å². The van der Waals surface area contributed by atoms with E-state index in [1.807, 2.05) is 4.57 Å². The number of imidazole rings is 1. The zero-order valence-corrected chi connectivity index (χ0v) is 14.0. The van der Waals surface area contributed by atoms with Crippen molar-refractivity contribution in [3.63, 3.8) is 0 Å². The van der Waals surface area contributed by atoms with E-state index >= 15 is 0 Å². The summed E-state index contributed by atoms with van der Waals surface area (Å²) in [7, 11) is 1.58. The van der Waals surface area contributed by atoms with E-state index in [9.17, 15) is 0 Å². The number of hydrogen-bond acceptors (Lipinski definition) is 6. The van der Waals surface area contributed by atoms with Crippen LogP contribution >= 0.6 is 0 Å². The van der Waals surface area contributed by atoms with Crippen molar-refractivity contribution in [2.75, 3.05) is 19.5 Å². The highest BCUT2D eigenvalue weighted by atomic mass is 16.5. The van der Waals surface area contributed by atoms with Gasteiger partial charge in [-0.15, -0.1) is 0 Å². The first-order valence-corrected chi connectivity index (χ1v) is 8.18. The van der Waals surface area contributed by atoms with Crippen LogP contribution in [0.1, 0.15) is 17.5 Å². The number of aromatic nitrogens is 4. The van der Waals surface area contributed by atoms with E-state index in [0.29, 0.717) is 30.3 Å². The summed E-state index contributed by atoms with van der Waals surface area (Å²) in [6.07, 6.45) is 5.92. The number of nitrogen functional groups attached to an aromatic ring is 1. The van der Waals surface area contributed by atoms with Crippen molar-refractivity contribution >= 4 is 17.0 Å². The van der Waals surface area contributed by atoms with Gasteiger partial charge in [0, 0.05) is 0 Å². The Bertz CT molecular complexity index is 948. The third kappa shape index (κ3) is 3.00. The van der Waals surface area contributed by atoms with Crippen molar-refractivity contribution in [3.05, 3.63) is 47.5 Å². The van der Waals surface area contributed by atoms with Crippen LogP contribution in [0.2, 0.25) is 0 Å². The normalized spacial score (nSPS) is 14.3. The lowest BCUT2D eigenvalue weighted by molar-refractivity contribution is 0.300. The molecule has 128 valence electrons. The van der Waals surface area contributed by atoms with E-state index in [2.05, 4.69) is 51.4 Å². The second-order valence-electron chi connectivity index (χ2n) is 5.88.